The summed E-state index contributed by atoms with van der Waals surface area (Å²) in [5.74, 6) is 0.713. The van der Waals surface area contributed by atoms with Gasteiger partial charge in [0, 0.05) is 24.2 Å². The molecule has 0 aliphatic carbocycles. The van der Waals surface area contributed by atoms with Crippen LogP contribution in [-0.4, -0.2) is 64.2 Å². The third-order valence-corrected chi connectivity index (χ3v) is 7.33. The molecule has 3 amide bonds. The van der Waals surface area contributed by atoms with Gasteiger partial charge in [0.1, 0.15) is 22.1 Å². The average Bonchev–Trinajstić information content (AvgIpc) is 2.92. The van der Waals surface area contributed by atoms with Gasteiger partial charge in [-0.2, -0.15) is 0 Å². The van der Waals surface area contributed by atoms with Crippen molar-refractivity contribution in [3.8, 4) is 28.4 Å². The molecule has 10 nitrogen and oxygen atoms in total. The Morgan fingerprint density at radius 1 is 0.900 bits per heavy atom. The Morgan fingerprint density at radius 2 is 1.60 bits per heavy atom. The second-order valence-corrected chi connectivity index (χ2v) is 11.9. The van der Waals surface area contributed by atoms with Crippen LogP contribution in [0.2, 0.25) is 0 Å². The molecule has 2 N–H and O–H groups in total. The fraction of sp³-hybridized carbons (Fsp3) is 0.310. The molecule has 0 aromatic heterocycles. The highest BCUT2D eigenvalue weighted by Crippen LogP contribution is 2.33. The summed E-state index contributed by atoms with van der Waals surface area (Å²) in [4.78, 5) is 26.9. The first-order valence-corrected chi connectivity index (χ1v) is 14.2. The predicted molar refractivity (Wildman–Crippen MR) is 150 cm³/mol. The summed E-state index contributed by atoms with van der Waals surface area (Å²) in [7, 11) is -2.84. The monoisotopic (exact) mass is 567 g/mol. The maximum Gasteiger partial charge on any atom is 0.329 e. The molecule has 0 unspecified atom stereocenters. The van der Waals surface area contributed by atoms with Crippen LogP contribution in [-0.2, 0) is 14.8 Å². The molecule has 40 heavy (non-hydrogen) atoms. The van der Waals surface area contributed by atoms with E-state index in [1.54, 1.807) is 51.0 Å². The SMILES string of the molecule is COc1ccc(-c2cccc(Oc3ccc(C(=O)N4CCOCC4)cc3S(=O)(=O)NC(=O)NC(C)(C)C)c2)cc1. The summed E-state index contributed by atoms with van der Waals surface area (Å²) < 4.78 is 45.5. The molecule has 1 fully saturated rings. The normalized spacial score (nSPS) is 13.8. The van der Waals surface area contributed by atoms with Gasteiger partial charge in [0.25, 0.3) is 15.9 Å². The lowest BCUT2D eigenvalue weighted by Gasteiger charge is -2.27. The van der Waals surface area contributed by atoms with Crippen LogP contribution in [0.25, 0.3) is 11.1 Å². The van der Waals surface area contributed by atoms with E-state index in [2.05, 4.69) is 5.32 Å². The van der Waals surface area contributed by atoms with Crippen LogP contribution in [0.5, 0.6) is 17.2 Å². The van der Waals surface area contributed by atoms with Gasteiger partial charge in [-0.25, -0.2) is 17.9 Å². The van der Waals surface area contributed by atoms with Gasteiger partial charge in [-0.05, 0) is 74.4 Å². The molecule has 3 aromatic carbocycles. The largest absolute Gasteiger partial charge is 0.497 e. The average molecular weight is 568 g/mol. The second kappa shape index (κ2) is 12.0. The Morgan fingerprint density at radius 3 is 2.25 bits per heavy atom. The highest BCUT2D eigenvalue weighted by Gasteiger charge is 2.28. The molecule has 11 heteroatoms. The van der Waals surface area contributed by atoms with Crippen LogP contribution in [0.1, 0.15) is 31.1 Å². The molecule has 0 atom stereocenters. The number of hydrogen-bond donors (Lipinski definition) is 2. The minimum atomic E-state index is -4.44. The number of morpholine rings is 1. The number of nitrogens with zero attached hydrogens (tertiary/aromatic N) is 1. The zero-order chi connectivity index (χ0) is 28.9. The van der Waals surface area contributed by atoms with Crippen LogP contribution >= 0.6 is 0 Å². The molecule has 1 saturated heterocycles. The Bertz CT molecular complexity index is 1480. The van der Waals surface area contributed by atoms with Gasteiger partial charge in [0.15, 0.2) is 0 Å². The lowest BCUT2D eigenvalue weighted by Crippen LogP contribution is -2.48. The first kappa shape index (κ1) is 28.9. The Labute approximate surface area is 234 Å². The number of ether oxygens (including phenoxy) is 3. The molecule has 1 aliphatic heterocycles. The molecule has 3 aromatic rings. The van der Waals surface area contributed by atoms with Gasteiger partial charge in [0.2, 0.25) is 0 Å². The van der Waals surface area contributed by atoms with Crippen LogP contribution in [0.15, 0.2) is 71.6 Å². The maximum atomic E-state index is 13.4. The molecule has 1 heterocycles. The van der Waals surface area contributed by atoms with Crippen LogP contribution in [0.3, 0.4) is 0 Å². The molecule has 0 saturated carbocycles. The number of urea groups is 1. The van der Waals surface area contributed by atoms with Gasteiger partial charge >= 0.3 is 6.03 Å². The minimum absolute atomic E-state index is 0.0403. The number of amides is 3. The molecule has 0 spiro atoms. The smallest absolute Gasteiger partial charge is 0.329 e. The summed E-state index contributed by atoms with van der Waals surface area (Å²) in [6.45, 7) is 6.77. The van der Waals surface area contributed by atoms with E-state index in [0.717, 1.165) is 16.9 Å². The second-order valence-electron chi connectivity index (χ2n) is 10.2. The minimum Gasteiger partial charge on any atom is -0.497 e. The van der Waals surface area contributed by atoms with Crippen molar-refractivity contribution in [2.24, 2.45) is 0 Å². The zero-order valence-electron chi connectivity index (χ0n) is 22.9. The number of methoxy groups -OCH3 is 1. The summed E-state index contributed by atoms with van der Waals surface area (Å²) in [5.41, 5.74) is 1.23. The highest BCUT2D eigenvalue weighted by molar-refractivity contribution is 7.90. The number of benzene rings is 3. The van der Waals surface area contributed by atoms with Crippen LogP contribution in [0, 0.1) is 0 Å². The van der Waals surface area contributed by atoms with E-state index in [-0.39, 0.29) is 22.1 Å². The molecule has 1 aliphatic rings. The number of carbonyl (C=O) groups excluding carboxylic acids is 2. The number of carbonyl (C=O) groups is 2. The van der Waals surface area contributed by atoms with Crippen molar-refractivity contribution in [2.45, 2.75) is 31.2 Å². The Hall–Kier alpha value is -4.09. The van der Waals surface area contributed by atoms with Crippen molar-refractivity contribution >= 4 is 22.0 Å². The van der Waals surface area contributed by atoms with Gasteiger partial charge in [-0.1, -0.05) is 24.3 Å². The van der Waals surface area contributed by atoms with Gasteiger partial charge in [-0.3, -0.25) is 4.79 Å². The summed E-state index contributed by atoms with van der Waals surface area (Å²) in [6, 6.07) is 17.9. The maximum absolute atomic E-state index is 13.4. The van der Waals surface area contributed by atoms with Gasteiger partial charge in [0.05, 0.1) is 20.3 Å². The number of rotatable bonds is 7. The van der Waals surface area contributed by atoms with Crippen molar-refractivity contribution in [3.05, 3.63) is 72.3 Å². The summed E-state index contributed by atoms with van der Waals surface area (Å²) >= 11 is 0. The summed E-state index contributed by atoms with van der Waals surface area (Å²) in [6.07, 6.45) is 0. The lowest BCUT2D eigenvalue weighted by atomic mass is 10.1. The van der Waals surface area contributed by atoms with Crippen molar-refractivity contribution in [1.29, 1.82) is 0 Å². The van der Waals surface area contributed by atoms with Crippen molar-refractivity contribution in [2.75, 3.05) is 33.4 Å². The first-order chi connectivity index (χ1) is 18.9. The predicted octanol–water partition coefficient (Wildman–Crippen LogP) is 4.41. The fourth-order valence-electron chi connectivity index (χ4n) is 4.08. The fourth-order valence-corrected chi connectivity index (χ4v) is 5.14. The number of hydrogen-bond acceptors (Lipinski definition) is 7. The van der Waals surface area contributed by atoms with E-state index < -0.39 is 21.6 Å². The van der Waals surface area contributed by atoms with E-state index >= 15 is 0 Å². The highest BCUT2D eigenvalue weighted by atomic mass is 32.2. The molecule has 212 valence electrons. The third-order valence-electron chi connectivity index (χ3n) is 5.98. The molecule has 4 rings (SSSR count). The first-order valence-electron chi connectivity index (χ1n) is 12.7. The van der Waals surface area contributed by atoms with E-state index in [1.165, 1.54) is 18.2 Å². The topological polar surface area (TPSA) is 123 Å². The summed E-state index contributed by atoms with van der Waals surface area (Å²) in [5, 5.41) is 2.57. The lowest BCUT2D eigenvalue weighted by molar-refractivity contribution is 0.0302. The zero-order valence-corrected chi connectivity index (χ0v) is 23.7. The number of sulfonamides is 1. The van der Waals surface area contributed by atoms with Gasteiger partial charge < -0.3 is 24.4 Å². The molecular formula is C29H33N3O7S. The van der Waals surface area contributed by atoms with E-state index in [0.29, 0.717) is 32.1 Å². The van der Waals surface area contributed by atoms with Crippen molar-refractivity contribution in [1.82, 2.24) is 14.9 Å². The third kappa shape index (κ3) is 7.30. The standard InChI is InChI=1S/C29H33N3O7S/c1-29(2,3)30-28(34)31-40(35,36)26-19-22(27(33)32-14-16-38-17-15-32)10-13-25(26)39-24-7-5-6-21(18-24)20-8-11-23(37-4)12-9-20/h5-13,18-19H,14-17H2,1-4H3,(H2,30,31,34). The van der Waals surface area contributed by atoms with Crippen LogP contribution in [0.4, 0.5) is 4.79 Å². The number of nitrogens with one attached hydrogen (secondary N) is 2. The Kier molecular flexibility index (Phi) is 8.65. The van der Waals surface area contributed by atoms with E-state index in [4.69, 9.17) is 14.2 Å². The quantitative estimate of drug-likeness (QED) is 0.433. The molecular weight excluding hydrogens is 534 g/mol. The van der Waals surface area contributed by atoms with Crippen molar-refractivity contribution < 1.29 is 32.2 Å². The molecule has 0 bridgehead atoms. The van der Waals surface area contributed by atoms with E-state index in [1.807, 2.05) is 35.1 Å². The van der Waals surface area contributed by atoms with Crippen LogP contribution < -0.4 is 19.5 Å². The van der Waals surface area contributed by atoms with Gasteiger partial charge in [-0.15, -0.1) is 0 Å². The van der Waals surface area contributed by atoms with E-state index in [9.17, 15) is 18.0 Å². The Balaban J connectivity index is 1.68. The molecule has 0 radical (unpaired) electrons. The van der Waals surface area contributed by atoms with Crippen molar-refractivity contribution in [3.63, 3.8) is 0 Å².